The average molecular weight is 329 g/mol. The van der Waals surface area contributed by atoms with Crippen LogP contribution in [-0.2, 0) is 12.8 Å². The number of fused-ring (bicyclic) bond motifs is 2. The second kappa shape index (κ2) is 6.21. The molecule has 1 aliphatic carbocycles. The molecule has 3 atom stereocenters. The lowest BCUT2D eigenvalue weighted by atomic mass is 9.73. The Hall–Kier alpha value is -1.46. The number of nitrogens with zero attached hydrogens (tertiary/aromatic N) is 2. The first kappa shape index (κ1) is 15.1. The predicted molar refractivity (Wildman–Crippen MR) is 92.8 cm³/mol. The van der Waals surface area contributed by atoms with Gasteiger partial charge in [0.1, 0.15) is 5.75 Å². The van der Waals surface area contributed by atoms with Crippen molar-refractivity contribution >= 4 is 11.8 Å². The third kappa shape index (κ3) is 3.00. The van der Waals surface area contributed by atoms with Gasteiger partial charge in [-0.05, 0) is 55.3 Å². The number of hydrogen-bond acceptors (Lipinski definition) is 4. The minimum absolute atomic E-state index is 0.482. The van der Waals surface area contributed by atoms with E-state index in [0.29, 0.717) is 23.6 Å². The molecule has 2 heterocycles. The van der Waals surface area contributed by atoms with Crippen molar-refractivity contribution in [3.8, 4) is 5.75 Å². The zero-order valence-corrected chi connectivity index (χ0v) is 14.2. The molecular formula is C18H23N3OS. The number of piperidine rings is 1. The molecule has 0 spiro atoms. The molecule has 2 aromatic rings. The van der Waals surface area contributed by atoms with E-state index < -0.39 is 0 Å². The van der Waals surface area contributed by atoms with Crippen molar-refractivity contribution in [2.45, 2.75) is 30.5 Å². The van der Waals surface area contributed by atoms with E-state index in [-0.39, 0.29) is 0 Å². The van der Waals surface area contributed by atoms with Gasteiger partial charge in [-0.1, -0.05) is 23.9 Å². The molecule has 5 heteroatoms. The van der Waals surface area contributed by atoms with Gasteiger partial charge < -0.3 is 15.0 Å². The summed E-state index contributed by atoms with van der Waals surface area (Å²) in [6.07, 6.45) is 7.02. The highest BCUT2D eigenvalue weighted by molar-refractivity contribution is 7.99. The van der Waals surface area contributed by atoms with Crippen LogP contribution in [-0.4, -0.2) is 45.4 Å². The second-order valence-electron chi connectivity index (χ2n) is 6.90. The van der Waals surface area contributed by atoms with Crippen molar-refractivity contribution in [3.63, 3.8) is 0 Å². The number of rotatable bonds is 3. The van der Waals surface area contributed by atoms with Crippen molar-refractivity contribution < 1.29 is 5.11 Å². The molecule has 0 unspecified atom stereocenters. The predicted octanol–water partition coefficient (Wildman–Crippen LogP) is 2.94. The molecule has 122 valence electrons. The quantitative estimate of drug-likeness (QED) is 0.850. The van der Waals surface area contributed by atoms with E-state index >= 15 is 0 Å². The van der Waals surface area contributed by atoms with Gasteiger partial charge in [-0.3, -0.25) is 0 Å². The molecule has 4 nitrogen and oxygen atoms in total. The highest BCUT2D eigenvalue weighted by Gasteiger charge is 2.38. The van der Waals surface area contributed by atoms with Crippen LogP contribution in [0.25, 0.3) is 0 Å². The first-order valence-electron chi connectivity index (χ1n) is 8.33. The Morgan fingerprint density at radius 3 is 3.13 bits per heavy atom. The lowest BCUT2D eigenvalue weighted by molar-refractivity contribution is 0.0792. The van der Waals surface area contributed by atoms with E-state index in [0.717, 1.165) is 30.3 Å². The van der Waals surface area contributed by atoms with Crippen molar-refractivity contribution in [1.82, 2.24) is 14.9 Å². The summed E-state index contributed by atoms with van der Waals surface area (Å²) in [6.45, 7) is 1.16. The van der Waals surface area contributed by atoms with Crippen LogP contribution in [0.3, 0.4) is 0 Å². The zero-order valence-electron chi connectivity index (χ0n) is 13.4. The van der Waals surface area contributed by atoms with Crippen LogP contribution < -0.4 is 0 Å². The zero-order chi connectivity index (χ0) is 15.8. The molecule has 1 aliphatic heterocycles. The number of thioether (sulfide) groups is 1. The average Bonchev–Trinajstić information content (AvgIpc) is 3.06. The summed E-state index contributed by atoms with van der Waals surface area (Å²) in [5.41, 5.74) is 2.52. The number of aromatic nitrogens is 2. The normalized spacial score (nSPS) is 27.4. The summed E-state index contributed by atoms with van der Waals surface area (Å²) < 4.78 is 0. The van der Waals surface area contributed by atoms with E-state index in [9.17, 15) is 5.11 Å². The van der Waals surface area contributed by atoms with Gasteiger partial charge in [0.2, 0.25) is 0 Å². The molecule has 0 saturated carbocycles. The van der Waals surface area contributed by atoms with E-state index in [2.05, 4.69) is 28.0 Å². The third-order valence-electron chi connectivity index (χ3n) is 5.37. The van der Waals surface area contributed by atoms with Gasteiger partial charge >= 0.3 is 0 Å². The number of likely N-dealkylation sites (tertiary alicyclic amines) is 1. The summed E-state index contributed by atoms with van der Waals surface area (Å²) in [7, 11) is 2.26. The topological polar surface area (TPSA) is 52.2 Å². The number of aromatic hydroxyl groups is 1. The molecule has 2 aliphatic rings. The number of aromatic amines is 1. The fourth-order valence-electron chi connectivity index (χ4n) is 4.29. The summed E-state index contributed by atoms with van der Waals surface area (Å²) >= 11 is 1.82. The number of hydrogen-bond donors (Lipinski definition) is 2. The highest BCUT2D eigenvalue weighted by Crippen LogP contribution is 2.40. The number of phenolic OH excluding ortho intramolecular Hbond substituents is 1. The van der Waals surface area contributed by atoms with Crippen LogP contribution in [0.2, 0.25) is 0 Å². The van der Waals surface area contributed by atoms with E-state index in [4.69, 9.17) is 0 Å². The van der Waals surface area contributed by atoms with Crippen LogP contribution in [0, 0.1) is 11.8 Å². The number of H-pyrrole nitrogens is 1. The first-order chi connectivity index (χ1) is 11.2. The Bertz CT molecular complexity index is 673. The maximum Gasteiger partial charge on any atom is 0.165 e. The minimum atomic E-state index is 0.482. The Kier molecular flexibility index (Phi) is 4.07. The Balaban J connectivity index is 1.46. The Labute approximate surface area is 141 Å². The van der Waals surface area contributed by atoms with Gasteiger partial charge in [0.25, 0.3) is 0 Å². The third-order valence-corrected chi connectivity index (χ3v) is 6.50. The lowest BCUT2D eigenvalue weighted by Gasteiger charge is -2.46. The number of nitrogens with one attached hydrogen (secondary N) is 1. The molecule has 4 rings (SSSR count). The highest BCUT2D eigenvalue weighted by atomic mass is 32.2. The van der Waals surface area contributed by atoms with E-state index in [1.54, 1.807) is 0 Å². The Morgan fingerprint density at radius 2 is 2.30 bits per heavy atom. The van der Waals surface area contributed by atoms with Gasteiger partial charge in [0.05, 0.1) is 0 Å². The van der Waals surface area contributed by atoms with Gasteiger partial charge in [-0.25, -0.2) is 4.98 Å². The molecule has 0 amide bonds. The summed E-state index contributed by atoms with van der Waals surface area (Å²) in [6, 6.07) is 6.60. The number of phenols is 1. The lowest BCUT2D eigenvalue weighted by Crippen LogP contribution is -2.50. The standard InChI is InChI=1S/C18H23N3OS/c1-21-10-12(11-23-18-19-5-6-20-18)7-14-8-15-13(9-16(14)21)3-2-4-17(15)22/h2-6,12,14,16,22H,7-11H2,1H3,(H,19,20)/t12-,14-,16-/m1/s1. The molecule has 1 fully saturated rings. The van der Waals surface area contributed by atoms with E-state index in [1.807, 2.05) is 36.3 Å². The molecular weight excluding hydrogens is 306 g/mol. The monoisotopic (exact) mass is 329 g/mol. The maximum atomic E-state index is 10.2. The molecule has 1 aromatic heterocycles. The largest absolute Gasteiger partial charge is 0.508 e. The Morgan fingerprint density at radius 1 is 1.39 bits per heavy atom. The SMILES string of the molecule is CN1C[C@H](CSc2ncc[nH]2)C[C@@H]2Cc3c(O)cccc3C[C@H]21. The van der Waals surface area contributed by atoms with Crippen LogP contribution in [0.15, 0.2) is 35.7 Å². The summed E-state index contributed by atoms with van der Waals surface area (Å²) in [5.74, 6) is 2.92. The number of imidazole rings is 1. The van der Waals surface area contributed by atoms with Crippen LogP contribution in [0.1, 0.15) is 17.5 Å². The molecule has 1 aromatic carbocycles. The van der Waals surface area contributed by atoms with Gasteiger partial charge in [0, 0.05) is 30.7 Å². The van der Waals surface area contributed by atoms with Crippen LogP contribution >= 0.6 is 11.8 Å². The summed E-state index contributed by atoms with van der Waals surface area (Å²) in [4.78, 5) is 10.0. The van der Waals surface area contributed by atoms with Gasteiger partial charge in [0.15, 0.2) is 5.16 Å². The number of benzene rings is 1. The summed E-state index contributed by atoms with van der Waals surface area (Å²) in [5, 5.41) is 11.2. The molecule has 23 heavy (non-hydrogen) atoms. The minimum Gasteiger partial charge on any atom is -0.508 e. The fourth-order valence-corrected chi connectivity index (χ4v) is 5.21. The number of likely N-dealkylation sites (N-methyl/N-ethyl adjacent to an activating group) is 1. The molecule has 2 N–H and O–H groups in total. The van der Waals surface area contributed by atoms with Crippen molar-refractivity contribution in [3.05, 3.63) is 41.7 Å². The smallest absolute Gasteiger partial charge is 0.165 e. The van der Waals surface area contributed by atoms with Crippen molar-refractivity contribution in [1.29, 1.82) is 0 Å². The van der Waals surface area contributed by atoms with Crippen molar-refractivity contribution in [2.75, 3.05) is 19.3 Å². The van der Waals surface area contributed by atoms with Crippen molar-refractivity contribution in [2.24, 2.45) is 11.8 Å². The first-order valence-corrected chi connectivity index (χ1v) is 9.31. The van der Waals surface area contributed by atoms with Crippen LogP contribution in [0.4, 0.5) is 0 Å². The van der Waals surface area contributed by atoms with Crippen LogP contribution in [0.5, 0.6) is 5.75 Å². The van der Waals surface area contributed by atoms with E-state index in [1.165, 1.54) is 17.5 Å². The van der Waals surface area contributed by atoms with Gasteiger partial charge in [-0.2, -0.15) is 0 Å². The molecule has 0 radical (unpaired) electrons. The van der Waals surface area contributed by atoms with Gasteiger partial charge in [-0.15, -0.1) is 0 Å². The fraction of sp³-hybridized carbons (Fsp3) is 0.500. The molecule has 0 bridgehead atoms. The maximum absolute atomic E-state index is 10.2. The second-order valence-corrected chi connectivity index (χ2v) is 7.91. The molecule has 1 saturated heterocycles.